The molecule has 1 aromatic rings. The van der Waals surface area contributed by atoms with Crippen LogP contribution < -0.4 is 16.4 Å². The van der Waals surface area contributed by atoms with Gasteiger partial charge in [0.1, 0.15) is 0 Å². The number of benzene rings is 1. The fourth-order valence-corrected chi connectivity index (χ4v) is 1.55. The van der Waals surface area contributed by atoms with Crippen molar-refractivity contribution >= 4 is 17.5 Å². The van der Waals surface area contributed by atoms with Gasteiger partial charge in [-0.2, -0.15) is 0 Å². The van der Waals surface area contributed by atoms with Crippen LogP contribution in [-0.2, 0) is 4.79 Å². The Labute approximate surface area is 119 Å². The van der Waals surface area contributed by atoms with Gasteiger partial charge in [-0.3, -0.25) is 9.59 Å². The van der Waals surface area contributed by atoms with Crippen LogP contribution in [0.5, 0.6) is 0 Å². The lowest BCUT2D eigenvalue weighted by atomic mass is 10.1. The summed E-state index contributed by atoms with van der Waals surface area (Å²) in [6.07, 6.45) is 0. The number of anilines is 1. The molecule has 1 unspecified atom stereocenters. The molecule has 2 amide bonds. The summed E-state index contributed by atoms with van der Waals surface area (Å²) in [5.74, 6) is -0.286. The van der Waals surface area contributed by atoms with Crippen molar-refractivity contribution in [3.63, 3.8) is 0 Å². The average Bonchev–Trinajstić information content (AvgIpc) is 2.44. The van der Waals surface area contributed by atoms with Crippen LogP contribution in [0.25, 0.3) is 0 Å². The van der Waals surface area contributed by atoms with Gasteiger partial charge >= 0.3 is 0 Å². The van der Waals surface area contributed by atoms with E-state index in [4.69, 9.17) is 5.73 Å². The Balaban J connectivity index is 2.82. The monoisotopic (exact) mass is 277 g/mol. The minimum atomic E-state index is -0.290. The molecule has 0 aliphatic carbocycles. The summed E-state index contributed by atoms with van der Waals surface area (Å²) >= 11 is 0. The van der Waals surface area contributed by atoms with E-state index in [0.717, 1.165) is 0 Å². The zero-order valence-electron chi connectivity index (χ0n) is 12.3. The first-order chi connectivity index (χ1) is 9.45. The van der Waals surface area contributed by atoms with Gasteiger partial charge in [0.15, 0.2) is 0 Å². The molecule has 1 rings (SSSR count). The highest BCUT2D eigenvalue weighted by Gasteiger charge is 2.16. The van der Waals surface area contributed by atoms with Gasteiger partial charge in [0.25, 0.3) is 5.91 Å². The molecule has 0 saturated heterocycles. The molecule has 0 aromatic heterocycles. The normalized spacial score (nSPS) is 12.1. The standard InChI is InChI=1S/C15H23N3O2/c1-10(2)9-17-15(20)12-6-4-5-7-13(12)18-14(19)11(3)8-16/h4-7,10-11H,8-9,16H2,1-3H3,(H,17,20)(H,18,19). The lowest BCUT2D eigenvalue weighted by molar-refractivity contribution is -0.119. The van der Waals surface area contributed by atoms with Crippen molar-refractivity contribution in [1.29, 1.82) is 0 Å². The van der Waals surface area contributed by atoms with E-state index in [0.29, 0.717) is 23.7 Å². The van der Waals surface area contributed by atoms with Crippen LogP contribution in [0.15, 0.2) is 24.3 Å². The quantitative estimate of drug-likeness (QED) is 0.738. The van der Waals surface area contributed by atoms with Gasteiger partial charge in [0.05, 0.1) is 11.3 Å². The summed E-state index contributed by atoms with van der Waals surface area (Å²) in [7, 11) is 0. The summed E-state index contributed by atoms with van der Waals surface area (Å²) in [4.78, 5) is 24.0. The van der Waals surface area contributed by atoms with Crippen LogP contribution in [0.4, 0.5) is 5.69 Å². The topological polar surface area (TPSA) is 84.2 Å². The van der Waals surface area contributed by atoms with Crippen molar-refractivity contribution in [2.75, 3.05) is 18.4 Å². The fraction of sp³-hybridized carbons (Fsp3) is 0.467. The van der Waals surface area contributed by atoms with E-state index in [2.05, 4.69) is 10.6 Å². The third-order valence-corrected chi connectivity index (χ3v) is 2.90. The zero-order valence-corrected chi connectivity index (χ0v) is 12.3. The first-order valence-electron chi connectivity index (χ1n) is 6.83. The molecule has 0 fully saturated rings. The van der Waals surface area contributed by atoms with Gasteiger partial charge in [-0.15, -0.1) is 0 Å². The molecule has 5 nitrogen and oxygen atoms in total. The smallest absolute Gasteiger partial charge is 0.253 e. The van der Waals surface area contributed by atoms with Crippen LogP contribution in [-0.4, -0.2) is 24.9 Å². The summed E-state index contributed by atoms with van der Waals surface area (Å²) in [5, 5.41) is 5.59. The van der Waals surface area contributed by atoms with Gasteiger partial charge in [0.2, 0.25) is 5.91 Å². The molecule has 1 aromatic carbocycles. The molecule has 5 heteroatoms. The number of rotatable bonds is 6. The largest absolute Gasteiger partial charge is 0.352 e. The lowest BCUT2D eigenvalue weighted by Gasteiger charge is -2.14. The highest BCUT2D eigenvalue weighted by Crippen LogP contribution is 2.16. The predicted octanol–water partition coefficient (Wildman–Crippen LogP) is 1.61. The van der Waals surface area contributed by atoms with Crippen molar-refractivity contribution < 1.29 is 9.59 Å². The summed E-state index contributed by atoms with van der Waals surface area (Å²) in [6, 6.07) is 6.96. The number of hydrogen-bond acceptors (Lipinski definition) is 3. The fourth-order valence-electron chi connectivity index (χ4n) is 1.55. The number of amides is 2. The van der Waals surface area contributed by atoms with Gasteiger partial charge in [-0.1, -0.05) is 32.9 Å². The highest BCUT2D eigenvalue weighted by atomic mass is 16.2. The van der Waals surface area contributed by atoms with Crippen LogP contribution in [0.2, 0.25) is 0 Å². The Morgan fingerprint density at radius 3 is 2.45 bits per heavy atom. The Kier molecular flexibility index (Phi) is 6.18. The number of carbonyl (C=O) groups is 2. The number of para-hydroxylation sites is 1. The van der Waals surface area contributed by atoms with E-state index in [-0.39, 0.29) is 24.3 Å². The van der Waals surface area contributed by atoms with E-state index in [1.54, 1.807) is 31.2 Å². The second-order valence-electron chi connectivity index (χ2n) is 5.28. The predicted molar refractivity (Wildman–Crippen MR) is 80.5 cm³/mol. The van der Waals surface area contributed by atoms with Crippen LogP contribution in [0.3, 0.4) is 0 Å². The molecular formula is C15H23N3O2. The number of hydrogen-bond donors (Lipinski definition) is 3. The minimum Gasteiger partial charge on any atom is -0.352 e. The molecule has 1 atom stereocenters. The number of nitrogens with one attached hydrogen (secondary N) is 2. The van der Waals surface area contributed by atoms with Crippen molar-refractivity contribution in [1.82, 2.24) is 5.32 Å². The third-order valence-electron chi connectivity index (χ3n) is 2.90. The number of carbonyl (C=O) groups excluding carboxylic acids is 2. The molecule has 110 valence electrons. The van der Waals surface area contributed by atoms with Crippen molar-refractivity contribution in [2.24, 2.45) is 17.6 Å². The Bertz CT molecular complexity index is 472. The first-order valence-corrected chi connectivity index (χ1v) is 6.83. The van der Waals surface area contributed by atoms with E-state index in [1.807, 2.05) is 13.8 Å². The number of nitrogens with two attached hydrogens (primary N) is 1. The van der Waals surface area contributed by atoms with Gasteiger partial charge in [0, 0.05) is 19.0 Å². The summed E-state index contributed by atoms with van der Waals surface area (Å²) in [6.45, 7) is 6.67. The SMILES string of the molecule is CC(C)CNC(=O)c1ccccc1NC(=O)C(C)CN. The van der Waals surface area contributed by atoms with Crippen molar-refractivity contribution in [3.05, 3.63) is 29.8 Å². The Morgan fingerprint density at radius 1 is 1.20 bits per heavy atom. The first kappa shape index (κ1) is 16.2. The van der Waals surface area contributed by atoms with Crippen molar-refractivity contribution in [3.8, 4) is 0 Å². The molecule has 4 N–H and O–H groups in total. The zero-order chi connectivity index (χ0) is 15.1. The third kappa shape index (κ3) is 4.66. The Hall–Kier alpha value is -1.88. The average molecular weight is 277 g/mol. The second-order valence-corrected chi connectivity index (χ2v) is 5.28. The molecule has 0 bridgehead atoms. The maximum atomic E-state index is 12.1. The van der Waals surface area contributed by atoms with Gasteiger partial charge in [-0.05, 0) is 18.1 Å². The van der Waals surface area contributed by atoms with E-state index >= 15 is 0 Å². The summed E-state index contributed by atoms with van der Waals surface area (Å²) in [5.41, 5.74) is 6.44. The van der Waals surface area contributed by atoms with E-state index in [1.165, 1.54) is 0 Å². The van der Waals surface area contributed by atoms with E-state index < -0.39 is 0 Å². The van der Waals surface area contributed by atoms with E-state index in [9.17, 15) is 9.59 Å². The molecule has 0 radical (unpaired) electrons. The van der Waals surface area contributed by atoms with Crippen LogP contribution >= 0.6 is 0 Å². The summed E-state index contributed by atoms with van der Waals surface area (Å²) < 4.78 is 0. The van der Waals surface area contributed by atoms with Crippen LogP contribution in [0, 0.1) is 11.8 Å². The van der Waals surface area contributed by atoms with Crippen molar-refractivity contribution in [2.45, 2.75) is 20.8 Å². The molecular weight excluding hydrogens is 254 g/mol. The maximum Gasteiger partial charge on any atom is 0.253 e. The molecule has 0 aliphatic rings. The molecule has 0 saturated carbocycles. The van der Waals surface area contributed by atoms with Gasteiger partial charge in [-0.25, -0.2) is 0 Å². The maximum absolute atomic E-state index is 12.1. The Morgan fingerprint density at radius 2 is 1.85 bits per heavy atom. The molecule has 0 spiro atoms. The van der Waals surface area contributed by atoms with Gasteiger partial charge < -0.3 is 16.4 Å². The van der Waals surface area contributed by atoms with Crippen LogP contribution in [0.1, 0.15) is 31.1 Å². The minimum absolute atomic E-state index is 0.184. The highest BCUT2D eigenvalue weighted by molar-refractivity contribution is 6.04. The molecule has 20 heavy (non-hydrogen) atoms. The lowest BCUT2D eigenvalue weighted by Crippen LogP contribution is -2.30. The second kappa shape index (κ2) is 7.65. The molecule has 0 heterocycles. The molecule has 0 aliphatic heterocycles.